The van der Waals surface area contributed by atoms with Crippen molar-refractivity contribution >= 4 is 0 Å². The summed E-state index contributed by atoms with van der Waals surface area (Å²) in [7, 11) is 0. The molecular weight excluding hydrogens is 368 g/mol. The van der Waals surface area contributed by atoms with Crippen LogP contribution >= 0.6 is 0 Å². The topological polar surface area (TPSA) is 119 Å². The minimum atomic E-state index is -1.07. The molecule has 3 heterocycles. The van der Waals surface area contributed by atoms with Crippen molar-refractivity contribution in [2.75, 3.05) is 6.79 Å². The van der Waals surface area contributed by atoms with Gasteiger partial charge in [-0.3, -0.25) is 9.59 Å². The van der Waals surface area contributed by atoms with Crippen LogP contribution in [0.2, 0.25) is 0 Å². The Labute approximate surface area is 158 Å². The summed E-state index contributed by atoms with van der Waals surface area (Å²) in [6.07, 6.45) is 0. The number of benzene rings is 1. The van der Waals surface area contributed by atoms with Gasteiger partial charge in [0.25, 0.3) is 0 Å². The predicted molar refractivity (Wildman–Crippen MR) is 96.3 cm³/mol. The van der Waals surface area contributed by atoms with Crippen LogP contribution in [0.15, 0.2) is 48.8 Å². The van der Waals surface area contributed by atoms with Gasteiger partial charge in [-0.2, -0.15) is 0 Å². The summed E-state index contributed by atoms with van der Waals surface area (Å²) in [5, 5.41) is 20.7. The first-order valence-electron chi connectivity index (χ1n) is 8.42. The van der Waals surface area contributed by atoms with Gasteiger partial charge in [0.15, 0.2) is 23.0 Å². The molecule has 0 amide bonds. The Morgan fingerprint density at radius 3 is 1.93 bits per heavy atom. The zero-order valence-corrected chi connectivity index (χ0v) is 15.0. The molecule has 0 saturated carbocycles. The van der Waals surface area contributed by atoms with Crippen LogP contribution < -0.4 is 20.3 Å². The third-order valence-electron chi connectivity index (χ3n) is 4.40. The Kier molecular flexibility index (Phi) is 4.11. The van der Waals surface area contributed by atoms with Crippen LogP contribution in [-0.4, -0.2) is 17.0 Å². The SMILES string of the molecule is Cc1cc(=O)c(O)c(C(c2ccc3c(c2)OCO3)c2oc(C)cc(=O)c2O)o1. The molecule has 1 aliphatic heterocycles. The van der Waals surface area contributed by atoms with Crippen LogP contribution in [0, 0.1) is 13.8 Å². The molecule has 0 atom stereocenters. The van der Waals surface area contributed by atoms with Crippen LogP contribution in [0.3, 0.4) is 0 Å². The molecule has 0 fully saturated rings. The van der Waals surface area contributed by atoms with Gasteiger partial charge in [0.05, 0.1) is 0 Å². The highest BCUT2D eigenvalue weighted by Gasteiger charge is 2.32. The first kappa shape index (κ1) is 17.7. The van der Waals surface area contributed by atoms with Crippen molar-refractivity contribution in [1.29, 1.82) is 0 Å². The van der Waals surface area contributed by atoms with Crippen molar-refractivity contribution in [3.63, 3.8) is 0 Å². The Bertz CT molecular complexity index is 1120. The number of aryl methyl sites for hydroxylation is 2. The molecule has 1 aromatic carbocycles. The molecule has 0 radical (unpaired) electrons. The maximum absolute atomic E-state index is 12.1. The van der Waals surface area contributed by atoms with E-state index in [2.05, 4.69) is 0 Å². The molecule has 0 saturated heterocycles. The zero-order chi connectivity index (χ0) is 20.0. The molecule has 0 bridgehead atoms. The number of aromatic hydroxyl groups is 2. The van der Waals surface area contributed by atoms with Gasteiger partial charge in [0.2, 0.25) is 29.1 Å². The molecule has 8 heteroatoms. The van der Waals surface area contributed by atoms with E-state index < -0.39 is 28.3 Å². The summed E-state index contributed by atoms with van der Waals surface area (Å²) >= 11 is 0. The lowest BCUT2D eigenvalue weighted by Gasteiger charge is -2.18. The number of hydrogen-bond donors (Lipinski definition) is 2. The molecule has 8 nitrogen and oxygen atoms in total. The highest BCUT2D eigenvalue weighted by molar-refractivity contribution is 5.51. The van der Waals surface area contributed by atoms with Crippen LogP contribution in [-0.2, 0) is 0 Å². The molecule has 3 aromatic rings. The van der Waals surface area contributed by atoms with E-state index in [-0.39, 0.29) is 29.8 Å². The van der Waals surface area contributed by atoms with Gasteiger partial charge >= 0.3 is 0 Å². The van der Waals surface area contributed by atoms with Crippen molar-refractivity contribution in [1.82, 2.24) is 0 Å². The lowest BCUT2D eigenvalue weighted by molar-refractivity contribution is 0.174. The zero-order valence-electron chi connectivity index (χ0n) is 15.0. The fourth-order valence-corrected chi connectivity index (χ4v) is 3.16. The highest BCUT2D eigenvalue weighted by atomic mass is 16.7. The van der Waals surface area contributed by atoms with Gasteiger partial charge in [-0.25, -0.2) is 0 Å². The van der Waals surface area contributed by atoms with Crippen molar-refractivity contribution < 1.29 is 28.5 Å². The Balaban J connectivity index is 2.03. The number of ether oxygens (including phenoxy) is 2. The molecule has 2 N–H and O–H groups in total. The summed E-state index contributed by atoms with van der Waals surface area (Å²) in [5.74, 6) is -1.22. The summed E-state index contributed by atoms with van der Waals surface area (Å²) in [6.45, 7) is 3.15. The van der Waals surface area contributed by atoms with E-state index in [1.165, 1.54) is 0 Å². The van der Waals surface area contributed by atoms with Gasteiger partial charge in [-0.05, 0) is 31.5 Å². The molecule has 0 unspecified atom stereocenters. The molecular formula is C20H16O8. The smallest absolute Gasteiger partial charge is 0.231 e. The van der Waals surface area contributed by atoms with E-state index in [0.717, 1.165) is 12.1 Å². The van der Waals surface area contributed by atoms with Gasteiger partial charge in [0, 0.05) is 12.1 Å². The maximum Gasteiger partial charge on any atom is 0.231 e. The number of hydrogen-bond acceptors (Lipinski definition) is 8. The van der Waals surface area contributed by atoms with E-state index >= 15 is 0 Å². The lowest BCUT2D eigenvalue weighted by atomic mass is 9.91. The Morgan fingerprint density at radius 1 is 0.821 bits per heavy atom. The van der Waals surface area contributed by atoms with Gasteiger partial charge in [-0.15, -0.1) is 0 Å². The lowest BCUT2D eigenvalue weighted by Crippen LogP contribution is -2.13. The molecule has 1 aliphatic rings. The standard InChI is InChI=1S/C20H16O8/c1-9-5-12(21)17(23)19(27-9)16(20-18(24)13(22)6-10(2)28-20)11-3-4-14-15(7-11)26-8-25-14/h3-7,16,23-24H,8H2,1-2H3. The van der Waals surface area contributed by atoms with Crippen LogP contribution in [0.5, 0.6) is 23.0 Å². The summed E-state index contributed by atoms with van der Waals surface area (Å²) in [4.78, 5) is 24.2. The minimum Gasteiger partial charge on any atom is -0.502 e. The van der Waals surface area contributed by atoms with Gasteiger partial charge in [0.1, 0.15) is 17.4 Å². The monoisotopic (exact) mass is 384 g/mol. The van der Waals surface area contributed by atoms with Crippen LogP contribution in [0.25, 0.3) is 0 Å². The average molecular weight is 384 g/mol. The minimum absolute atomic E-state index is 0.0546. The molecule has 0 spiro atoms. The first-order valence-corrected chi connectivity index (χ1v) is 8.42. The second kappa shape index (κ2) is 6.49. The van der Waals surface area contributed by atoms with Gasteiger partial charge in [-0.1, -0.05) is 6.07 Å². The van der Waals surface area contributed by atoms with E-state index in [1.807, 2.05) is 0 Å². The van der Waals surface area contributed by atoms with E-state index in [4.69, 9.17) is 18.3 Å². The van der Waals surface area contributed by atoms with Crippen molar-refractivity contribution in [2.24, 2.45) is 0 Å². The summed E-state index contributed by atoms with van der Waals surface area (Å²) < 4.78 is 21.9. The number of rotatable bonds is 3. The fourth-order valence-electron chi connectivity index (χ4n) is 3.16. The molecule has 4 rings (SSSR count). The van der Waals surface area contributed by atoms with E-state index in [0.29, 0.717) is 17.1 Å². The van der Waals surface area contributed by atoms with Crippen molar-refractivity contribution in [3.8, 4) is 23.0 Å². The number of fused-ring (bicyclic) bond motifs is 1. The highest BCUT2D eigenvalue weighted by Crippen LogP contribution is 2.42. The third kappa shape index (κ3) is 2.88. The van der Waals surface area contributed by atoms with Crippen molar-refractivity contribution in [2.45, 2.75) is 19.8 Å². The molecule has 144 valence electrons. The Hall–Kier alpha value is -3.68. The largest absolute Gasteiger partial charge is 0.502 e. The maximum atomic E-state index is 12.1. The van der Waals surface area contributed by atoms with Gasteiger partial charge < -0.3 is 28.5 Å². The summed E-state index contributed by atoms with van der Waals surface area (Å²) in [5.41, 5.74) is -0.852. The average Bonchev–Trinajstić information content (AvgIpc) is 3.11. The Morgan fingerprint density at radius 2 is 1.36 bits per heavy atom. The van der Waals surface area contributed by atoms with E-state index in [1.54, 1.807) is 32.0 Å². The van der Waals surface area contributed by atoms with E-state index in [9.17, 15) is 19.8 Å². The third-order valence-corrected chi connectivity index (χ3v) is 4.40. The molecule has 2 aromatic heterocycles. The second-order valence-electron chi connectivity index (χ2n) is 6.41. The predicted octanol–water partition coefficient (Wildman–Crippen LogP) is 2.53. The quantitative estimate of drug-likeness (QED) is 0.707. The summed E-state index contributed by atoms with van der Waals surface area (Å²) in [6, 6.07) is 7.17. The van der Waals surface area contributed by atoms with Crippen molar-refractivity contribution in [3.05, 3.63) is 79.4 Å². The fraction of sp³-hybridized carbons (Fsp3) is 0.200. The normalized spacial score (nSPS) is 12.5. The first-order chi connectivity index (χ1) is 13.3. The van der Waals surface area contributed by atoms with Crippen LogP contribution in [0.4, 0.5) is 0 Å². The second-order valence-corrected chi connectivity index (χ2v) is 6.41. The van der Waals surface area contributed by atoms with Crippen LogP contribution in [0.1, 0.15) is 34.5 Å². The molecule has 0 aliphatic carbocycles. The molecule has 28 heavy (non-hydrogen) atoms.